The zero-order valence-corrected chi connectivity index (χ0v) is 16.3. The second-order valence-electron chi connectivity index (χ2n) is 5.53. The van der Waals surface area contributed by atoms with Gasteiger partial charge in [0, 0.05) is 45.3 Å². The average Bonchev–Trinajstić information content (AvgIpc) is 2.86. The summed E-state index contributed by atoms with van der Waals surface area (Å²) in [5.74, 6) is 0.305. The summed E-state index contributed by atoms with van der Waals surface area (Å²) in [5, 5.41) is 5.95. The van der Waals surface area contributed by atoms with Crippen LogP contribution in [-0.4, -0.2) is 60.1 Å². The molecule has 3 N–H and O–H groups in total. The number of ether oxygens (including phenoxy) is 1. The first-order valence-electron chi connectivity index (χ1n) is 8.17. The molecule has 0 atom stereocenters. The normalized spacial score (nSPS) is 15.8. The lowest BCUT2D eigenvalue weighted by Crippen LogP contribution is -2.33. The molecule has 1 amide bonds. The van der Waals surface area contributed by atoms with E-state index in [1.807, 2.05) is 0 Å². The van der Waals surface area contributed by atoms with E-state index in [1.165, 1.54) is 0 Å². The number of nitrogens with one attached hydrogen (secondary N) is 3. The van der Waals surface area contributed by atoms with Crippen LogP contribution in [0, 0.1) is 0 Å². The molecule has 0 spiro atoms. The number of sulfonamides is 1. The fourth-order valence-electron chi connectivity index (χ4n) is 2.36. The highest BCUT2D eigenvalue weighted by Crippen LogP contribution is 2.22. The maximum atomic E-state index is 11.9. The summed E-state index contributed by atoms with van der Waals surface area (Å²) < 4.78 is 31.2. The molecule has 10 heteroatoms. The fourth-order valence-corrected chi connectivity index (χ4v) is 3.61. The van der Waals surface area contributed by atoms with E-state index >= 15 is 0 Å². The van der Waals surface area contributed by atoms with E-state index in [-0.39, 0.29) is 23.2 Å². The molecular weight excluding hydrogens is 380 g/mol. The van der Waals surface area contributed by atoms with Crippen molar-refractivity contribution in [3.05, 3.63) is 29.8 Å². The number of amides is 1. The van der Waals surface area contributed by atoms with Gasteiger partial charge in [0.2, 0.25) is 5.91 Å². The molecule has 8 nitrogen and oxygen atoms in total. The number of carbonyl (C=O) groups is 1. The maximum absolute atomic E-state index is 11.9. The van der Waals surface area contributed by atoms with Gasteiger partial charge >= 0.3 is 0 Å². The minimum Gasteiger partial charge on any atom is -0.383 e. The minimum absolute atomic E-state index is 0. The Kier molecular flexibility index (Phi) is 9.57. The SMILES string of the molecule is COCCNCCNC(=O)CCCN=C1NS(=O)(=O)c2ccccc21.Cl. The van der Waals surface area contributed by atoms with Gasteiger partial charge in [0.1, 0.15) is 5.84 Å². The quantitative estimate of drug-likeness (QED) is 0.485. The number of halogens is 1. The van der Waals surface area contributed by atoms with Gasteiger partial charge in [0.25, 0.3) is 10.0 Å². The van der Waals surface area contributed by atoms with Crippen LogP contribution < -0.4 is 15.4 Å². The molecule has 1 aromatic rings. The molecule has 0 bridgehead atoms. The van der Waals surface area contributed by atoms with E-state index in [9.17, 15) is 13.2 Å². The topological polar surface area (TPSA) is 109 Å². The van der Waals surface area contributed by atoms with Crippen LogP contribution in [0.4, 0.5) is 0 Å². The van der Waals surface area contributed by atoms with Crippen molar-refractivity contribution >= 4 is 34.2 Å². The third-order valence-corrected chi connectivity index (χ3v) is 5.00. The van der Waals surface area contributed by atoms with Crippen molar-refractivity contribution in [3.8, 4) is 0 Å². The smallest absolute Gasteiger partial charge is 0.263 e. The van der Waals surface area contributed by atoms with Gasteiger partial charge in [-0.25, -0.2) is 8.42 Å². The predicted molar refractivity (Wildman–Crippen MR) is 102 cm³/mol. The Labute approximate surface area is 160 Å². The monoisotopic (exact) mass is 404 g/mol. The lowest BCUT2D eigenvalue weighted by Gasteiger charge is -2.06. The molecule has 0 aromatic heterocycles. The highest BCUT2D eigenvalue weighted by molar-refractivity contribution is 7.90. The molecule has 2 rings (SSSR count). The number of nitrogens with zero attached hydrogens (tertiary/aromatic N) is 1. The molecule has 0 saturated carbocycles. The van der Waals surface area contributed by atoms with E-state index in [0.29, 0.717) is 50.5 Å². The zero-order chi connectivity index (χ0) is 18.1. The van der Waals surface area contributed by atoms with Crippen molar-refractivity contribution in [2.45, 2.75) is 17.7 Å². The summed E-state index contributed by atoms with van der Waals surface area (Å²) in [6.07, 6.45) is 0.902. The first-order valence-corrected chi connectivity index (χ1v) is 9.66. The zero-order valence-electron chi connectivity index (χ0n) is 14.7. The third kappa shape index (κ3) is 6.56. The van der Waals surface area contributed by atoms with Crippen LogP contribution in [0.2, 0.25) is 0 Å². The van der Waals surface area contributed by atoms with E-state index < -0.39 is 10.0 Å². The molecule has 26 heavy (non-hydrogen) atoms. The van der Waals surface area contributed by atoms with Crippen LogP contribution in [-0.2, 0) is 19.6 Å². The minimum atomic E-state index is -3.51. The van der Waals surface area contributed by atoms with Crippen LogP contribution >= 0.6 is 12.4 Å². The van der Waals surface area contributed by atoms with Crippen LogP contribution in [0.3, 0.4) is 0 Å². The Hall–Kier alpha value is -1.68. The molecule has 1 aliphatic rings. The van der Waals surface area contributed by atoms with Gasteiger partial charge in [0.05, 0.1) is 11.5 Å². The molecular formula is C16H25ClN4O4S. The van der Waals surface area contributed by atoms with Crippen LogP contribution in [0.15, 0.2) is 34.2 Å². The first kappa shape index (κ1) is 22.4. The van der Waals surface area contributed by atoms with Gasteiger partial charge in [-0.2, -0.15) is 0 Å². The van der Waals surface area contributed by atoms with Crippen molar-refractivity contribution in [3.63, 3.8) is 0 Å². The molecule has 0 unspecified atom stereocenters. The van der Waals surface area contributed by atoms with Gasteiger partial charge < -0.3 is 15.4 Å². The Morgan fingerprint density at radius 3 is 2.77 bits per heavy atom. The van der Waals surface area contributed by atoms with Crippen molar-refractivity contribution in [2.24, 2.45) is 4.99 Å². The highest BCUT2D eigenvalue weighted by Gasteiger charge is 2.29. The van der Waals surface area contributed by atoms with E-state index in [2.05, 4.69) is 20.3 Å². The van der Waals surface area contributed by atoms with E-state index in [1.54, 1.807) is 31.4 Å². The number of hydrogen-bond acceptors (Lipinski definition) is 6. The number of rotatable bonds is 10. The van der Waals surface area contributed by atoms with Crippen molar-refractivity contribution in [2.75, 3.05) is 39.9 Å². The van der Waals surface area contributed by atoms with Gasteiger partial charge in [-0.15, -0.1) is 12.4 Å². The molecule has 146 valence electrons. The van der Waals surface area contributed by atoms with Crippen LogP contribution in [0.1, 0.15) is 18.4 Å². The summed E-state index contributed by atoms with van der Waals surface area (Å²) in [6.45, 7) is 3.02. The van der Waals surface area contributed by atoms with Crippen molar-refractivity contribution < 1.29 is 17.9 Å². The molecule has 1 aliphatic heterocycles. The largest absolute Gasteiger partial charge is 0.383 e. The Bertz CT molecular complexity index is 725. The first-order chi connectivity index (χ1) is 12.0. The molecule has 0 fully saturated rings. The fraction of sp³-hybridized carbons (Fsp3) is 0.500. The molecule has 0 saturated heterocycles. The Morgan fingerprint density at radius 2 is 2.00 bits per heavy atom. The summed E-state index contributed by atoms with van der Waals surface area (Å²) in [6, 6.07) is 6.71. The van der Waals surface area contributed by atoms with E-state index in [4.69, 9.17) is 4.74 Å². The second-order valence-corrected chi connectivity index (χ2v) is 7.18. The molecule has 0 radical (unpaired) electrons. The van der Waals surface area contributed by atoms with E-state index in [0.717, 1.165) is 6.54 Å². The van der Waals surface area contributed by atoms with Crippen LogP contribution in [0.5, 0.6) is 0 Å². The Balaban J connectivity index is 0.00000338. The second kappa shape index (κ2) is 11.1. The number of methoxy groups -OCH3 is 1. The molecule has 1 aromatic carbocycles. The van der Waals surface area contributed by atoms with Crippen LogP contribution in [0.25, 0.3) is 0 Å². The number of hydrogen-bond donors (Lipinski definition) is 3. The molecule has 0 aliphatic carbocycles. The van der Waals surface area contributed by atoms with Gasteiger partial charge in [-0.05, 0) is 18.6 Å². The third-order valence-electron chi connectivity index (χ3n) is 3.60. The van der Waals surface area contributed by atoms with Crippen molar-refractivity contribution in [1.29, 1.82) is 0 Å². The number of amidine groups is 1. The van der Waals surface area contributed by atoms with Gasteiger partial charge in [-0.1, -0.05) is 12.1 Å². The highest BCUT2D eigenvalue weighted by atomic mass is 35.5. The summed E-state index contributed by atoms with van der Waals surface area (Å²) >= 11 is 0. The van der Waals surface area contributed by atoms with Gasteiger partial charge in [-0.3, -0.25) is 14.5 Å². The number of fused-ring (bicyclic) bond motifs is 1. The number of carbonyl (C=O) groups excluding carboxylic acids is 1. The standard InChI is InChI=1S/C16H24N4O4S.ClH/c1-24-12-11-17-9-10-18-15(21)7-4-8-19-16-13-5-2-3-6-14(13)25(22,23)20-16;/h2-3,5-6,17H,4,7-12H2,1H3,(H,18,21)(H,19,20);1H. The predicted octanol–water partition coefficient (Wildman–Crippen LogP) is 0.279. The summed E-state index contributed by atoms with van der Waals surface area (Å²) in [5.41, 5.74) is 0.578. The van der Waals surface area contributed by atoms with Gasteiger partial charge in [0.15, 0.2) is 0 Å². The lowest BCUT2D eigenvalue weighted by molar-refractivity contribution is -0.121. The summed E-state index contributed by atoms with van der Waals surface area (Å²) in [7, 11) is -1.87. The Morgan fingerprint density at radius 1 is 1.23 bits per heavy atom. The average molecular weight is 405 g/mol. The van der Waals surface area contributed by atoms with Crippen molar-refractivity contribution in [1.82, 2.24) is 15.4 Å². The number of aliphatic imine (C=N–C) groups is 1. The number of benzene rings is 1. The maximum Gasteiger partial charge on any atom is 0.263 e. The lowest BCUT2D eigenvalue weighted by atomic mass is 10.2. The molecule has 1 heterocycles. The summed E-state index contributed by atoms with van der Waals surface area (Å²) in [4.78, 5) is 16.2.